The molecule has 8 heteroatoms. The Balaban J connectivity index is 1.45. The zero-order valence-corrected chi connectivity index (χ0v) is 18.4. The zero-order valence-electron chi connectivity index (χ0n) is 18.4. The summed E-state index contributed by atoms with van der Waals surface area (Å²) in [6.07, 6.45) is 2.75. The first-order valence-electron chi connectivity index (χ1n) is 11.4. The predicted octanol–water partition coefficient (Wildman–Crippen LogP) is 2.91. The monoisotopic (exact) mass is 446 g/mol. The van der Waals surface area contributed by atoms with E-state index in [4.69, 9.17) is 4.74 Å². The fourth-order valence-corrected chi connectivity index (χ4v) is 5.20. The molecular weight excluding hydrogens is 420 g/mol. The number of H-pyrrole nitrogens is 1. The summed E-state index contributed by atoms with van der Waals surface area (Å²) >= 11 is 0. The Kier molecular flexibility index (Phi) is 4.58. The summed E-state index contributed by atoms with van der Waals surface area (Å²) in [6.45, 7) is 0.960. The second-order valence-corrected chi connectivity index (χ2v) is 9.05. The van der Waals surface area contributed by atoms with Crippen LogP contribution in [0.1, 0.15) is 35.7 Å². The molecule has 1 unspecified atom stereocenters. The summed E-state index contributed by atoms with van der Waals surface area (Å²) in [5.41, 5.74) is 3.58. The van der Waals surface area contributed by atoms with Crippen LogP contribution in [0, 0.1) is 0 Å². The van der Waals surface area contributed by atoms with Gasteiger partial charge in [0.25, 0.3) is 5.91 Å². The van der Waals surface area contributed by atoms with Gasteiger partial charge in [-0.25, -0.2) is 4.79 Å². The molecule has 2 atom stereocenters. The highest BCUT2D eigenvalue weighted by atomic mass is 16.5. The Morgan fingerprint density at radius 1 is 1.18 bits per heavy atom. The van der Waals surface area contributed by atoms with Gasteiger partial charge in [-0.15, -0.1) is 0 Å². The van der Waals surface area contributed by atoms with Gasteiger partial charge < -0.3 is 20.1 Å². The van der Waals surface area contributed by atoms with Gasteiger partial charge in [0.15, 0.2) is 0 Å². The van der Waals surface area contributed by atoms with Crippen molar-refractivity contribution >= 4 is 22.8 Å². The van der Waals surface area contributed by atoms with E-state index in [2.05, 4.69) is 10.3 Å². The molecule has 6 rings (SSSR count). The highest BCUT2D eigenvalue weighted by molar-refractivity contribution is 6.05. The normalized spacial score (nSPS) is 22.1. The molecule has 2 aromatic carbocycles. The molecule has 1 aromatic heterocycles. The number of imide groups is 1. The fraction of sp³-hybridized carbons (Fsp3) is 0.360. The predicted molar refractivity (Wildman–Crippen MR) is 122 cm³/mol. The average Bonchev–Trinajstić information content (AvgIpc) is 3.53. The first-order valence-corrected chi connectivity index (χ1v) is 11.4. The smallest absolute Gasteiger partial charge is 0.328 e. The van der Waals surface area contributed by atoms with E-state index in [0.717, 1.165) is 46.3 Å². The van der Waals surface area contributed by atoms with Crippen LogP contribution in [0.15, 0.2) is 42.5 Å². The van der Waals surface area contributed by atoms with E-state index in [1.54, 1.807) is 30.2 Å². The Labute approximate surface area is 191 Å². The molecule has 33 heavy (non-hydrogen) atoms. The van der Waals surface area contributed by atoms with E-state index in [9.17, 15) is 14.7 Å². The van der Waals surface area contributed by atoms with E-state index in [1.165, 1.54) is 4.90 Å². The Hall–Kier alpha value is -3.52. The number of aromatic hydroxyl groups is 1. The fourth-order valence-electron chi connectivity index (χ4n) is 5.20. The number of aromatic nitrogens is 1. The number of nitrogens with one attached hydrogen (secondary N) is 2. The molecule has 3 aromatic rings. The van der Waals surface area contributed by atoms with Gasteiger partial charge in [-0.3, -0.25) is 14.6 Å². The van der Waals surface area contributed by atoms with E-state index < -0.39 is 12.1 Å². The molecule has 3 aliphatic rings. The van der Waals surface area contributed by atoms with Crippen molar-refractivity contribution in [3.63, 3.8) is 0 Å². The number of phenolic OH excluding ortho intramolecular Hbond substituents is 1. The van der Waals surface area contributed by atoms with Crippen molar-refractivity contribution in [2.75, 3.05) is 20.2 Å². The number of phenols is 1. The van der Waals surface area contributed by atoms with E-state index in [1.807, 2.05) is 24.3 Å². The maximum atomic E-state index is 13.5. The second-order valence-electron chi connectivity index (χ2n) is 9.05. The largest absolute Gasteiger partial charge is 0.508 e. The van der Waals surface area contributed by atoms with Gasteiger partial charge >= 0.3 is 6.03 Å². The van der Waals surface area contributed by atoms with Crippen LogP contribution < -0.4 is 10.1 Å². The van der Waals surface area contributed by atoms with Crippen LogP contribution in [-0.4, -0.2) is 64.1 Å². The number of aromatic amines is 1. The van der Waals surface area contributed by atoms with Crippen LogP contribution in [0.5, 0.6) is 11.5 Å². The second kappa shape index (κ2) is 7.52. The summed E-state index contributed by atoms with van der Waals surface area (Å²) in [7, 11) is 1.63. The van der Waals surface area contributed by atoms with E-state index in [-0.39, 0.29) is 17.7 Å². The number of hydrogen-bond acceptors (Lipinski definition) is 5. The number of urea groups is 1. The number of fused-ring (bicyclic) bond motifs is 4. The van der Waals surface area contributed by atoms with Crippen molar-refractivity contribution in [1.29, 1.82) is 0 Å². The van der Waals surface area contributed by atoms with Crippen molar-refractivity contribution in [3.8, 4) is 11.5 Å². The summed E-state index contributed by atoms with van der Waals surface area (Å²) < 4.78 is 5.43. The SMILES string of the molecule is COc1ccc2[nH]c3c(c2c1)C[C@H]1C(=O)N(CCNC2CC2)C(=O)N1C3c1cccc(O)c1. The van der Waals surface area contributed by atoms with Gasteiger partial charge in [-0.1, -0.05) is 12.1 Å². The lowest BCUT2D eigenvalue weighted by Gasteiger charge is -2.36. The lowest BCUT2D eigenvalue weighted by atomic mass is 9.89. The maximum absolute atomic E-state index is 13.5. The lowest BCUT2D eigenvalue weighted by Crippen LogP contribution is -2.44. The molecular formula is C25H26N4O4. The third-order valence-electron chi connectivity index (χ3n) is 6.97. The van der Waals surface area contributed by atoms with Crippen molar-refractivity contribution < 1.29 is 19.4 Å². The third kappa shape index (κ3) is 3.24. The van der Waals surface area contributed by atoms with Crippen molar-refractivity contribution in [3.05, 3.63) is 59.3 Å². The molecule has 0 radical (unpaired) electrons. The number of carbonyl (C=O) groups excluding carboxylic acids is 2. The number of rotatable bonds is 6. The number of hydrogen-bond donors (Lipinski definition) is 3. The minimum atomic E-state index is -0.580. The van der Waals surface area contributed by atoms with Gasteiger partial charge in [-0.05, 0) is 54.3 Å². The topological polar surface area (TPSA) is 97.9 Å². The number of ether oxygens (including phenoxy) is 1. The minimum Gasteiger partial charge on any atom is -0.508 e. The first-order chi connectivity index (χ1) is 16.0. The Morgan fingerprint density at radius 2 is 2.03 bits per heavy atom. The number of methoxy groups -OCH3 is 1. The summed E-state index contributed by atoms with van der Waals surface area (Å²) in [4.78, 5) is 33.5. The molecule has 2 aliphatic heterocycles. The van der Waals surface area contributed by atoms with Crippen LogP contribution in [0.4, 0.5) is 4.79 Å². The average molecular weight is 447 g/mol. The summed E-state index contributed by atoms with van der Waals surface area (Å²) in [5, 5.41) is 14.5. The molecule has 3 amide bonds. The molecule has 0 bridgehead atoms. The molecule has 1 aliphatic carbocycles. The molecule has 2 fully saturated rings. The number of carbonyl (C=O) groups is 2. The molecule has 1 saturated carbocycles. The van der Waals surface area contributed by atoms with E-state index >= 15 is 0 Å². The highest BCUT2D eigenvalue weighted by Gasteiger charge is 2.52. The quantitative estimate of drug-likeness (QED) is 0.506. The maximum Gasteiger partial charge on any atom is 0.328 e. The van der Waals surface area contributed by atoms with Crippen LogP contribution in [0.3, 0.4) is 0 Å². The van der Waals surface area contributed by atoms with Crippen molar-refractivity contribution in [1.82, 2.24) is 20.1 Å². The number of nitrogens with zero attached hydrogens (tertiary/aromatic N) is 2. The third-order valence-corrected chi connectivity index (χ3v) is 6.97. The molecule has 3 N–H and O–H groups in total. The molecule has 170 valence electrons. The van der Waals surface area contributed by atoms with Gasteiger partial charge in [-0.2, -0.15) is 0 Å². The Bertz CT molecular complexity index is 1260. The standard InChI is InChI=1S/C25H26N4O4/c1-33-17-7-8-20-18(12-17)19-13-21-24(31)28(10-9-26-15-5-6-15)25(32)29(21)23(22(19)27-20)14-3-2-4-16(30)11-14/h2-4,7-8,11-12,15,21,23,26-27,30H,5-6,9-10,13H2,1H3/t21-,23?/m0/s1. The van der Waals surface area contributed by atoms with Gasteiger partial charge in [0.1, 0.15) is 23.6 Å². The first kappa shape index (κ1) is 20.1. The zero-order chi connectivity index (χ0) is 22.7. The van der Waals surface area contributed by atoms with Gasteiger partial charge in [0.2, 0.25) is 0 Å². The molecule has 8 nitrogen and oxygen atoms in total. The van der Waals surface area contributed by atoms with E-state index in [0.29, 0.717) is 25.6 Å². The van der Waals surface area contributed by atoms with Crippen LogP contribution in [0.2, 0.25) is 0 Å². The van der Waals surface area contributed by atoms with Crippen molar-refractivity contribution in [2.24, 2.45) is 0 Å². The molecule has 1 saturated heterocycles. The summed E-state index contributed by atoms with van der Waals surface area (Å²) in [5.74, 6) is 0.699. The van der Waals surface area contributed by atoms with Crippen molar-refractivity contribution in [2.45, 2.75) is 37.4 Å². The lowest BCUT2D eigenvalue weighted by molar-refractivity contribution is -0.128. The molecule has 3 heterocycles. The molecule has 0 spiro atoms. The van der Waals surface area contributed by atoms with Crippen LogP contribution in [0.25, 0.3) is 10.9 Å². The minimum absolute atomic E-state index is 0.123. The highest BCUT2D eigenvalue weighted by Crippen LogP contribution is 2.44. The van der Waals surface area contributed by atoms with Gasteiger partial charge in [0.05, 0.1) is 7.11 Å². The van der Waals surface area contributed by atoms with Crippen LogP contribution >= 0.6 is 0 Å². The van der Waals surface area contributed by atoms with Gasteiger partial charge in [0, 0.05) is 42.1 Å². The Morgan fingerprint density at radius 3 is 2.79 bits per heavy atom. The number of benzene rings is 2. The summed E-state index contributed by atoms with van der Waals surface area (Å²) in [6, 6.07) is 11.9. The number of amides is 3. The van der Waals surface area contributed by atoms with Crippen LogP contribution in [-0.2, 0) is 11.2 Å².